The van der Waals surface area contributed by atoms with Crippen LogP contribution >= 0.6 is 0 Å². The van der Waals surface area contributed by atoms with Gasteiger partial charge in [0.25, 0.3) is 10.0 Å². The molecule has 0 atom stereocenters. The maximum absolute atomic E-state index is 12.4. The molecule has 0 saturated heterocycles. The Bertz CT molecular complexity index is 1530. The molecule has 0 unspecified atom stereocenters. The van der Waals surface area contributed by atoms with Crippen LogP contribution in [-0.4, -0.2) is 45.1 Å². The van der Waals surface area contributed by atoms with E-state index in [4.69, 9.17) is 5.73 Å². The van der Waals surface area contributed by atoms with Crippen molar-refractivity contribution in [2.45, 2.75) is 13.8 Å². The molecular weight excluding hydrogens is 458 g/mol. The molecule has 0 radical (unpaired) electrons. The minimum Gasteiger partial charge on any atom is -0.398 e. The molecule has 4 aromatic rings. The second-order valence-electron chi connectivity index (χ2n) is 7.46. The Morgan fingerprint density at radius 2 is 1.85 bits per heavy atom. The van der Waals surface area contributed by atoms with E-state index in [1.54, 1.807) is 18.5 Å². The number of nitrogens with zero attached hydrogens (tertiary/aromatic N) is 4. The normalized spacial score (nSPS) is 11.4. The summed E-state index contributed by atoms with van der Waals surface area (Å²) in [6.45, 7) is 3.43. The first kappa shape index (κ1) is 22.9. The van der Waals surface area contributed by atoms with Crippen molar-refractivity contribution in [1.82, 2.24) is 19.2 Å². The third kappa shape index (κ3) is 4.57. The molecule has 4 rings (SSSR count). The highest BCUT2D eigenvalue weighted by Gasteiger charge is 2.18. The number of benzene rings is 1. The third-order valence-electron chi connectivity index (χ3n) is 5.13. The predicted octanol–water partition coefficient (Wildman–Crippen LogP) is 2.16. The molecule has 11 nitrogen and oxygen atoms in total. The summed E-state index contributed by atoms with van der Waals surface area (Å²) in [7, 11) is -3.60. The molecule has 0 aliphatic rings. The maximum Gasteiger partial charge on any atom is 0.315 e. The maximum atomic E-state index is 12.4. The first-order valence-corrected chi connectivity index (χ1v) is 11.8. The van der Waals surface area contributed by atoms with Gasteiger partial charge in [-0.2, -0.15) is 9.19 Å². The summed E-state index contributed by atoms with van der Waals surface area (Å²) >= 11 is 0. The molecule has 2 amide bonds. The monoisotopic (exact) mass is 479 g/mol. The second-order valence-corrected chi connectivity index (χ2v) is 9.57. The first-order chi connectivity index (χ1) is 16.2. The Hall–Kier alpha value is -4.32. The Balaban J connectivity index is 1.54. The van der Waals surface area contributed by atoms with Crippen molar-refractivity contribution in [3.05, 3.63) is 60.8 Å². The van der Waals surface area contributed by atoms with Crippen molar-refractivity contribution in [3.8, 4) is 11.1 Å². The van der Waals surface area contributed by atoms with Gasteiger partial charge < -0.3 is 16.4 Å². The van der Waals surface area contributed by atoms with Crippen LogP contribution in [0, 0.1) is 6.92 Å². The number of hydrogen-bond acceptors (Lipinski definition) is 8. The lowest BCUT2D eigenvalue weighted by atomic mass is 9.99. The average molecular weight is 480 g/mol. The molecule has 0 fully saturated rings. The largest absolute Gasteiger partial charge is 0.398 e. The fourth-order valence-electron chi connectivity index (χ4n) is 3.29. The summed E-state index contributed by atoms with van der Waals surface area (Å²) in [4.78, 5) is 33.0. The number of aromatic nitrogens is 4. The molecule has 0 aliphatic heterocycles. The van der Waals surface area contributed by atoms with E-state index >= 15 is 0 Å². The van der Waals surface area contributed by atoms with Gasteiger partial charge in [0.05, 0.1) is 23.8 Å². The molecular formula is C22H21N7O4S. The smallest absolute Gasteiger partial charge is 0.315 e. The number of pyridine rings is 2. The van der Waals surface area contributed by atoms with E-state index in [0.29, 0.717) is 11.1 Å². The molecule has 12 heteroatoms. The van der Waals surface area contributed by atoms with Gasteiger partial charge in [-0.3, -0.25) is 14.6 Å². The van der Waals surface area contributed by atoms with Crippen LogP contribution in [0.2, 0.25) is 0 Å². The number of nitrogens with one attached hydrogen (secondary N) is 2. The summed E-state index contributed by atoms with van der Waals surface area (Å²) in [6, 6.07) is 7.24. The number of nitrogens with two attached hydrogens (primary N) is 1. The number of nitrogen functional groups attached to an aromatic ring is 1. The van der Waals surface area contributed by atoms with Crippen molar-refractivity contribution >= 4 is 49.8 Å². The number of fused-ring (bicyclic) bond motifs is 1. The van der Waals surface area contributed by atoms with Gasteiger partial charge in [-0.15, -0.1) is 0 Å². The van der Waals surface area contributed by atoms with E-state index in [9.17, 15) is 18.0 Å². The topological polar surface area (TPSA) is 162 Å². The average Bonchev–Trinajstić information content (AvgIpc) is 3.28. The molecule has 0 spiro atoms. The molecule has 4 N–H and O–H groups in total. The summed E-state index contributed by atoms with van der Waals surface area (Å²) < 4.78 is 24.4. The van der Waals surface area contributed by atoms with E-state index in [-0.39, 0.29) is 17.3 Å². The van der Waals surface area contributed by atoms with Crippen molar-refractivity contribution in [2.75, 3.05) is 22.1 Å². The van der Waals surface area contributed by atoms with E-state index in [1.807, 2.05) is 25.1 Å². The van der Waals surface area contributed by atoms with Crippen LogP contribution in [0.4, 0.5) is 17.2 Å². The molecule has 0 bridgehead atoms. The van der Waals surface area contributed by atoms with Gasteiger partial charge in [0, 0.05) is 35.2 Å². The lowest BCUT2D eigenvalue weighted by Gasteiger charge is -2.11. The highest BCUT2D eigenvalue weighted by Crippen LogP contribution is 2.31. The molecule has 34 heavy (non-hydrogen) atoms. The molecule has 0 aliphatic carbocycles. The summed E-state index contributed by atoms with van der Waals surface area (Å²) in [5.74, 6) is -2.00. The van der Waals surface area contributed by atoms with Crippen LogP contribution in [0.3, 0.4) is 0 Å². The number of amides is 2. The van der Waals surface area contributed by atoms with Gasteiger partial charge in [-0.1, -0.05) is 0 Å². The Kier molecular flexibility index (Phi) is 5.99. The van der Waals surface area contributed by atoms with Crippen LogP contribution in [0.5, 0.6) is 0 Å². The van der Waals surface area contributed by atoms with Crippen molar-refractivity contribution in [1.29, 1.82) is 0 Å². The zero-order valence-electron chi connectivity index (χ0n) is 18.3. The van der Waals surface area contributed by atoms with E-state index < -0.39 is 21.8 Å². The lowest BCUT2D eigenvalue weighted by molar-refractivity contribution is -0.133. The summed E-state index contributed by atoms with van der Waals surface area (Å²) in [5, 5.41) is 9.84. The third-order valence-corrected chi connectivity index (χ3v) is 6.63. The van der Waals surface area contributed by atoms with Crippen molar-refractivity contribution in [2.24, 2.45) is 0 Å². The van der Waals surface area contributed by atoms with Crippen LogP contribution in [0.15, 0.2) is 55.2 Å². The molecule has 3 heterocycles. The Morgan fingerprint density at radius 3 is 2.59 bits per heavy atom. The second kappa shape index (κ2) is 8.90. The predicted molar refractivity (Wildman–Crippen MR) is 128 cm³/mol. The summed E-state index contributed by atoms with van der Waals surface area (Å²) in [5.41, 5.74) is 9.59. The van der Waals surface area contributed by atoms with Gasteiger partial charge in [-0.25, -0.2) is 13.4 Å². The number of rotatable bonds is 5. The minimum absolute atomic E-state index is 0.0629. The molecule has 174 valence electrons. The van der Waals surface area contributed by atoms with E-state index in [0.717, 1.165) is 38.6 Å². The van der Waals surface area contributed by atoms with Gasteiger partial charge in [-0.05, 0) is 54.6 Å². The van der Waals surface area contributed by atoms with E-state index in [1.165, 1.54) is 13.1 Å². The Labute approximate surface area is 195 Å². The van der Waals surface area contributed by atoms with Crippen molar-refractivity contribution < 1.29 is 18.0 Å². The highest BCUT2D eigenvalue weighted by molar-refractivity contribution is 7.89. The zero-order chi connectivity index (χ0) is 24.5. The van der Waals surface area contributed by atoms with Crippen molar-refractivity contribution in [3.63, 3.8) is 0 Å². The molecule has 1 aromatic carbocycles. The number of hydrogen-bond donors (Lipinski definition) is 3. The molecule has 0 saturated carbocycles. The van der Waals surface area contributed by atoms with Gasteiger partial charge in [0.2, 0.25) is 0 Å². The standard InChI is InChI=1S/C22H21N7O4S/c1-3-34(32,33)29-12-16(9-26-29)27-21(30)22(31)28-20-8-15-6-14(7-19(23)18(15)11-25-20)17-10-24-5-4-13(17)2/h4-12H,3,23H2,1-2H3,(H,27,30)(H,25,28,31). The van der Waals surface area contributed by atoms with Crippen LogP contribution in [0.1, 0.15) is 12.5 Å². The van der Waals surface area contributed by atoms with Gasteiger partial charge >= 0.3 is 11.8 Å². The SMILES string of the molecule is CCS(=O)(=O)n1cc(NC(=O)C(=O)Nc2cc3cc(-c4cnccc4C)cc(N)c3cn2)cn1. The summed E-state index contributed by atoms with van der Waals surface area (Å²) in [6.07, 6.45) is 7.22. The van der Waals surface area contributed by atoms with E-state index in [2.05, 4.69) is 25.7 Å². The number of carbonyl (C=O) groups is 2. The number of aryl methyl sites for hydroxylation is 1. The number of anilines is 3. The highest BCUT2D eigenvalue weighted by atomic mass is 32.2. The fourth-order valence-corrected chi connectivity index (χ4v) is 4.02. The van der Waals surface area contributed by atoms with Crippen LogP contribution < -0.4 is 16.4 Å². The van der Waals surface area contributed by atoms with Gasteiger partial charge in [0.1, 0.15) is 5.82 Å². The minimum atomic E-state index is -3.60. The zero-order valence-corrected chi connectivity index (χ0v) is 19.1. The fraction of sp³-hybridized carbons (Fsp3) is 0.136. The Morgan fingerprint density at radius 1 is 1.09 bits per heavy atom. The first-order valence-electron chi connectivity index (χ1n) is 10.2. The molecule has 3 aromatic heterocycles. The quantitative estimate of drug-likeness (QED) is 0.290. The lowest BCUT2D eigenvalue weighted by Crippen LogP contribution is -2.29. The van der Waals surface area contributed by atoms with Crippen LogP contribution in [0.25, 0.3) is 21.9 Å². The van der Waals surface area contributed by atoms with Crippen LogP contribution in [-0.2, 0) is 19.6 Å². The number of carbonyl (C=O) groups excluding carboxylic acids is 2. The van der Waals surface area contributed by atoms with Gasteiger partial charge in [0.15, 0.2) is 0 Å².